The number of piperazine rings is 1. The molecule has 4 rings (SSSR count). The first-order valence-corrected chi connectivity index (χ1v) is 10.7. The summed E-state index contributed by atoms with van der Waals surface area (Å²) >= 11 is 0. The van der Waals surface area contributed by atoms with Crippen molar-refractivity contribution in [1.82, 2.24) is 19.0 Å². The lowest BCUT2D eigenvalue weighted by atomic mass is 10.1. The van der Waals surface area contributed by atoms with Gasteiger partial charge in [-0.25, -0.2) is 21.9 Å². The van der Waals surface area contributed by atoms with Crippen LogP contribution in [0.4, 0.5) is 8.78 Å². The molecule has 1 aromatic heterocycles. The molecule has 2 aromatic carbocycles. The number of halogens is 2. The first-order chi connectivity index (χ1) is 14.4. The first kappa shape index (κ1) is 20.2. The van der Waals surface area contributed by atoms with Gasteiger partial charge in [-0.3, -0.25) is 4.79 Å². The molecule has 0 unspecified atom stereocenters. The van der Waals surface area contributed by atoms with Gasteiger partial charge < -0.3 is 4.90 Å². The van der Waals surface area contributed by atoms with E-state index >= 15 is 0 Å². The van der Waals surface area contributed by atoms with Crippen molar-refractivity contribution in [2.75, 3.05) is 26.2 Å². The second kappa shape index (κ2) is 7.96. The summed E-state index contributed by atoms with van der Waals surface area (Å²) in [5.41, 5.74) is 1.27. The number of hydrogen-bond acceptors (Lipinski definition) is 4. The van der Waals surface area contributed by atoms with E-state index in [1.54, 1.807) is 47.4 Å². The fourth-order valence-corrected chi connectivity index (χ4v) is 4.88. The Morgan fingerprint density at radius 2 is 1.53 bits per heavy atom. The fourth-order valence-electron chi connectivity index (χ4n) is 3.35. The average Bonchev–Trinajstić information content (AvgIpc) is 3.28. The van der Waals surface area contributed by atoms with Gasteiger partial charge in [0, 0.05) is 44.1 Å². The summed E-state index contributed by atoms with van der Waals surface area (Å²) in [5, 5.41) is 4.13. The number of carbonyl (C=O) groups is 1. The lowest BCUT2D eigenvalue weighted by Crippen LogP contribution is -2.50. The highest BCUT2D eigenvalue weighted by atomic mass is 32.2. The Morgan fingerprint density at radius 1 is 0.900 bits per heavy atom. The van der Waals surface area contributed by atoms with Crippen molar-refractivity contribution in [2.24, 2.45) is 0 Å². The van der Waals surface area contributed by atoms with Crippen LogP contribution in [0.1, 0.15) is 10.4 Å². The molecule has 0 spiro atoms. The van der Waals surface area contributed by atoms with E-state index in [-0.39, 0.29) is 32.1 Å². The molecule has 10 heteroatoms. The molecule has 1 amide bonds. The molecule has 0 bridgehead atoms. The SMILES string of the molecule is O=C(c1ccc(-n2cccn2)cc1)N1CCN(S(=O)(=O)c2c(F)cccc2F)CC1. The molecular weight excluding hydrogens is 414 g/mol. The van der Waals surface area contributed by atoms with E-state index in [0.29, 0.717) is 5.56 Å². The zero-order valence-corrected chi connectivity index (χ0v) is 16.6. The Hall–Kier alpha value is -3.11. The Balaban J connectivity index is 1.45. The minimum atomic E-state index is -4.33. The minimum absolute atomic E-state index is 0.0484. The van der Waals surface area contributed by atoms with Gasteiger partial charge in [0.15, 0.2) is 4.90 Å². The number of benzene rings is 2. The molecule has 30 heavy (non-hydrogen) atoms. The van der Waals surface area contributed by atoms with Gasteiger partial charge >= 0.3 is 0 Å². The van der Waals surface area contributed by atoms with E-state index in [9.17, 15) is 22.0 Å². The first-order valence-electron chi connectivity index (χ1n) is 9.21. The van der Waals surface area contributed by atoms with Crippen LogP contribution in [0.15, 0.2) is 65.8 Å². The van der Waals surface area contributed by atoms with Crippen molar-refractivity contribution in [3.05, 3.63) is 78.1 Å². The summed E-state index contributed by atoms with van der Waals surface area (Å²) in [4.78, 5) is 13.3. The summed E-state index contributed by atoms with van der Waals surface area (Å²) in [6.07, 6.45) is 3.44. The number of carbonyl (C=O) groups excluding carboxylic acids is 1. The largest absolute Gasteiger partial charge is 0.336 e. The molecule has 0 radical (unpaired) electrons. The maximum absolute atomic E-state index is 13.9. The maximum atomic E-state index is 13.9. The van der Waals surface area contributed by atoms with Crippen molar-refractivity contribution in [3.63, 3.8) is 0 Å². The van der Waals surface area contributed by atoms with E-state index in [2.05, 4.69) is 5.10 Å². The van der Waals surface area contributed by atoms with Gasteiger partial charge in [-0.1, -0.05) is 6.07 Å². The summed E-state index contributed by atoms with van der Waals surface area (Å²) in [6.45, 7) is 0.143. The van der Waals surface area contributed by atoms with Crippen molar-refractivity contribution in [1.29, 1.82) is 0 Å². The molecule has 0 N–H and O–H groups in total. The van der Waals surface area contributed by atoms with Crippen LogP contribution >= 0.6 is 0 Å². The van der Waals surface area contributed by atoms with Gasteiger partial charge in [-0.2, -0.15) is 9.40 Å². The van der Waals surface area contributed by atoms with Gasteiger partial charge in [0.25, 0.3) is 5.91 Å². The summed E-state index contributed by atoms with van der Waals surface area (Å²) in [6, 6.07) is 11.6. The third-order valence-electron chi connectivity index (χ3n) is 4.93. The van der Waals surface area contributed by atoms with Crippen LogP contribution in [0.25, 0.3) is 5.69 Å². The zero-order chi connectivity index (χ0) is 21.3. The molecule has 7 nitrogen and oxygen atoms in total. The molecule has 0 aliphatic carbocycles. The smallest absolute Gasteiger partial charge is 0.253 e. The number of sulfonamides is 1. The molecule has 3 aromatic rings. The van der Waals surface area contributed by atoms with Gasteiger partial charge in [0.1, 0.15) is 11.6 Å². The van der Waals surface area contributed by atoms with E-state index < -0.39 is 26.6 Å². The standard InChI is InChI=1S/C20H18F2N4O3S/c21-17-3-1-4-18(22)19(17)30(28,29)25-13-11-24(12-14-25)20(27)15-5-7-16(8-6-15)26-10-2-9-23-26/h1-10H,11-14H2. The molecule has 2 heterocycles. The maximum Gasteiger partial charge on any atom is 0.253 e. The van der Waals surface area contributed by atoms with Crippen LogP contribution in [0.3, 0.4) is 0 Å². The van der Waals surface area contributed by atoms with Gasteiger partial charge in [0.05, 0.1) is 5.69 Å². The third-order valence-corrected chi connectivity index (χ3v) is 6.88. The number of amides is 1. The van der Waals surface area contributed by atoms with E-state index in [1.165, 1.54) is 4.90 Å². The molecule has 0 saturated carbocycles. The van der Waals surface area contributed by atoms with Crippen molar-refractivity contribution in [2.45, 2.75) is 4.90 Å². The molecule has 1 aliphatic rings. The number of hydrogen-bond donors (Lipinski definition) is 0. The number of aromatic nitrogens is 2. The quantitative estimate of drug-likeness (QED) is 0.634. The van der Waals surface area contributed by atoms with Gasteiger partial charge in [-0.05, 0) is 42.5 Å². The van der Waals surface area contributed by atoms with Gasteiger partial charge in [-0.15, -0.1) is 0 Å². The van der Waals surface area contributed by atoms with Crippen LogP contribution in [-0.2, 0) is 10.0 Å². The highest BCUT2D eigenvalue weighted by Crippen LogP contribution is 2.24. The summed E-state index contributed by atoms with van der Waals surface area (Å²) in [5.74, 6) is -2.51. The molecule has 0 atom stereocenters. The Kier molecular flexibility index (Phi) is 5.35. The van der Waals surface area contributed by atoms with Crippen LogP contribution < -0.4 is 0 Å². The van der Waals surface area contributed by atoms with Crippen molar-refractivity contribution in [3.8, 4) is 5.69 Å². The lowest BCUT2D eigenvalue weighted by molar-refractivity contribution is 0.0697. The molecule has 1 saturated heterocycles. The van der Waals surface area contributed by atoms with Crippen LogP contribution in [-0.4, -0.2) is 59.5 Å². The second-order valence-electron chi connectivity index (χ2n) is 6.74. The van der Waals surface area contributed by atoms with Gasteiger partial charge in [0.2, 0.25) is 10.0 Å². The lowest BCUT2D eigenvalue weighted by Gasteiger charge is -2.34. The minimum Gasteiger partial charge on any atom is -0.336 e. The van der Waals surface area contributed by atoms with Crippen LogP contribution in [0.5, 0.6) is 0 Å². The average molecular weight is 432 g/mol. The monoisotopic (exact) mass is 432 g/mol. The highest BCUT2D eigenvalue weighted by Gasteiger charge is 2.34. The topological polar surface area (TPSA) is 75.5 Å². The number of nitrogens with zero attached hydrogens (tertiary/aromatic N) is 4. The van der Waals surface area contributed by atoms with Crippen LogP contribution in [0, 0.1) is 11.6 Å². The number of rotatable bonds is 4. The zero-order valence-electron chi connectivity index (χ0n) is 15.8. The molecule has 156 valence electrons. The van der Waals surface area contributed by atoms with Crippen LogP contribution in [0.2, 0.25) is 0 Å². The molecular formula is C20H18F2N4O3S. The summed E-state index contributed by atoms with van der Waals surface area (Å²) in [7, 11) is -4.33. The molecule has 1 aliphatic heterocycles. The van der Waals surface area contributed by atoms with E-state index in [1.807, 2.05) is 0 Å². The van der Waals surface area contributed by atoms with Crippen molar-refractivity contribution >= 4 is 15.9 Å². The highest BCUT2D eigenvalue weighted by molar-refractivity contribution is 7.89. The summed E-state index contributed by atoms with van der Waals surface area (Å²) < 4.78 is 55.9. The third kappa shape index (κ3) is 3.71. The van der Waals surface area contributed by atoms with E-state index in [0.717, 1.165) is 28.2 Å². The predicted octanol–water partition coefficient (Wildman–Crippen LogP) is 2.30. The normalized spacial score (nSPS) is 15.3. The molecule has 1 fully saturated rings. The Morgan fingerprint density at radius 3 is 2.10 bits per heavy atom. The second-order valence-corrected chi connectivity index (χ2v) is 8.62. The van der Waals surface area contributed by atoms with Crippen molar-refractivity contribution < 1.29 is 22.0 Å². The Bertz CT molecular complexity index is 1140. The fraction of sp³-hybridized carbons (Fsp3) is 0.200. The predicted molar refractivity (Wildman–Crippen MR) is 105 cm³/mol. The Labute approximate surface area is 172 Å². The van der Waals surface area contributed by atoms with E-state index in [4.69, 9.17) is 0 Å².